The fraction of sp³-hybridized carbons (Fsp3) is 0.214. The zero-order valence-electron chi connectivity index (χ0n) is 9.48. The molecule has 1 aliphatic rings. The van der Waals surface area contributed by atoms with Gasteiger partial charge in [-0.25, -0.2) is 0 Å². The van der Waals surface area contributed by atoms with Gasteiger partial charge in [-0.05, 0) is 18.9 Å². The molecule has 1 aliphatic carbocycles. The summed E-state index contributed by atoms with van der Waals surface area (Å²) in [6, 6.07) is 10.2. The summed E-state index contributed by atoms with van der Waals surface area (Å²) in [7, 11) is 1.81. The van der Waals surface area contributed by atoms with Crippen molar-refractivity contribution in [3.63, 3.8) is 0 Å². The van der Waals surface area contributed by atoms with Gasteiger partial charge in [-0.1, -0.05) is 42.5 Å². The van der Waals surface area contributed by atoms with Crippen LogP contribution in [-0.2, 0) is 0 Å². The third-order valence-electron chi connectivity index (χ3n) is 2.56. The lowest BCUT2D eigenvalue weighted by atomic mass is 10.1. The number of amidine groups is 1. The number of hydrogen-bond acceptors (Lipinski definition) is 1. The molecule has 0 radical (unpaired) electrons. The van der Waals surface area contributed by atoms with E-state index in [1.54, 1.807) is 0 Å². The molecule has 0 aromatic heterocycles. The monoisotopic (exact) mass is 212 g/mol. The van der Waals surface area contributed by atoms with Gasteiger partial charge in [0.1, 0.15) is 5.84 Å². The Bertz CT molecular complexity index is 427. The van der Waals surface area contributed by atoms with E-state index in [4.69, 9.17) is 0 Å². The maximum atomic E-state index is 4.29. The lowest BCUT2D eigenvalue weighted by Crippen LogP contribution is -2.24. The van der Waals surface area contributed by atoms with Crippen LogP contribution >= 0.6 is 0 Å². The van der Waals surface area contributed by atoms with Gasteiger partial charge < -0.3 is 5.32 Å². The fourth-order valence-corrected chi connectivity index (χ4v) is 1.71. The summed E-state index contributed by atoms with van der Waals surface area (Å²) in [6.07, 6.45) is 8.53. The van der Waals surface area contributed by atoms with Crippen molar-refractivity contribution >= 4 is 5.84 Å². The van der Waals surface area contributed by atoms with Crippen molar-refractivity contribution in [2.45, 2.75) is 12.8 Å². The summed E-state index contributed by atoms with van der Waals surface area (Å²) in [5.74, 6) is 0.933. The number of allylic oxidation sites excluding steroid dienone is 4. The second-order valence-corrected chi connectivity index (χ2v) is 3.72. The van der Waals surface area contributed by atoms with Gasteiger partial charge in [-0.3, -0.25) is 4.99 Å². The van der Waals surface area contributed by atoms with Gasteiger partial charge in [0.2, 0.25) is 0 Å². The van der Waals surface area contributed by atoms with Crippen molar-refractivity contribution in [1.29, 1.82) is 0 Å². The maximum absolute atomic E-state index is 4.29. The van der Waals surface area contributed by atoms with Crippen molar-refractivity contribution in [2.75, 3.05) is 7.05 Å². The molecule has 0 aliphatic heterocycles. The van der Waals surface area contributed by atoms with Crippen LogP contribution in [0.25, 0.3) is 0 Å². The molecule has 1 aromatic rings. The predicted octanol–water partition coefficient (Wildman–Crippen LogP) is 2.89. The summed E-state index contributed by atoms with van der Waals surface area (Å²) >= 11 is 0. The van der Waals surface area contributed by atoms with Gasteiger partial charge in [-0.2, -0.15) is 0 Å². The Hall–Kier alpha value is -1.83. The summed E-state index contributed by atoms with van der Waals surface area (Å²) < 4.78 is 0. The number of nitrogens with one attached hydrogen (secondary N) is 1. The van der Waals surface area contributed by atoms with Crippen LogP contribution in [0.3, 0.4) is 0 Å². The van der Waals surface area contributed by atoms with Crippen LogP contribution in [0.2, 0.25) is 0 Å². The highest BCUT2D eigenvalue weighted by atomic mass is 15.0. The summed E-state index contributed by atoms with van der Waals surface area (Å²) in [5, 5.41) is 3.38. The summed E-state index contributed by atoms with van der Waals surface area (Å²) in [6.45, 7) is 0. The van der Waals surface area contributed by atoms with Crippen molar-refractivity contribution < 1.29 is 0 Å². The Morgan fingerprint density at radius 1 is 1.25 bits per heavy atom. The number of nitrogens with zero attached hydrogens (tertiary/aromatic N) is 1. The van der Waals surface area contributed by atoms with Crippen molar-refractivity contribution in [2.24, 2.45) is 4.99 Å². The molecule has 0 saturated carbocycles. The Morgan fingerprint density at radius 3 is 2.69 bits per heavy atom. The van der Waals surface area contributed by atoms with Gasteiger partial charge in [0.25, 0.3) is 0 Å². The van der Waals surface area contributed by atoms with Crippen LogP contribution in [0.5, 0.6) is 0 Å². The third kappa shape index (κ3) is 2.60. The van der Waals surface area contributed by atoms with Crippen molar-refractivity contribution in [3.05, 3.63) is 59.8 Å². The molecule has 0 atom stereocenters. The van der Waals surface area contributed by atoms with Crippen LogP contribution in [0.15, 0.2) is 59.2 Å². The minimum Gasteiger partial charge on any atom is -0.344 e. The van der Waals surface area contributed by atoms with E-state index in [0.717, 1.165) is 24.2 Å². The third-order valence-corrected chi connectivity index (χ3v) is 2.56. The van der Waals surface area contributed by atoms with Crippen molar-refractivity contribution in [3.8, 4) is 0 Å². The molecule has 1 N–H and O–H groups in total. The molecular weight excluding hydrogens is 196 g/mol. The van der Waals surface area contributed by atoms with E-state index in [1.165, 1.54) is 5.70 Å². The Balaban J connectivity index is 2.13. The molecule has 82 valence electrons. The zero-order valence-corrected chi connectivity index (χ0v) is 9.48. The molecule has 0 saturated heterocycles. The molecule has 2 nitrogen and oxygen atoms in total. The van der Waals surface area contributed by atoms with E-state index in [9.17, 15) is 0 Å². The second kappa shape index (κ2) is 5.31. The average Bonchev–Trinajstić information content (AvgIpc) is 2.38. The smallest absolute Gasteiger partial charge is 0.132 e. The van der Waals surface area contributed by atoms with Crippen LogP contribution in [0, 0.1) is 0 Å². The normalized spacial score (nSPS) is 15.8. The summed E-state index contributed by atoms with van der Waals surface area (Å²) in [4.78, 5) is 4.29. The Labute approximate surface area is 96.4 Å². The van der Waals surface area contributed by atoms with Gasteiger partial charge in [-0.15, -0.1) is 0 Å². The molecule has 2 rings (SSSR count). The molecule has 0 heterocycles. The zero-order chi connectivity index (χ0) is 11.2. The maximum Gasteiger partial charge on any atom is 0.132 e. The lowest BCUT2D eigenvalue weighted by Gasteiger charge is -2.14. The van der Waals surface area contributed by atoms with Crippen molar-refractivity contribution in [1.82, 2.24) is 5.32 Å². The SMILES string of the molecule is CN=C(NC1=CC=CCC1)c1ccccc1. The fourth-order valence-electron chi connectivity index (χ4n) is 1.71. The molecule has 0 unspecified atom stereocenters. The highest BCUT2D eigenvalue weighted by molar-refractivity contribution is 5.99. The first-order chi connectivity index (χ1) is 7.90. The first kappa shape index (κ1) is 10.7. The van der Waals surface area contributed by atoms with Gasteiger partial charge in [0, 0.05) is 18.3 Å². The topological polar surface area (TPSA) is 24.4 Å². The van der Waals surface area contributed by atoms with E-state index in [2.05, 4.69) is 40.7 Å². The van der Waals surface area contributed by atoms with Gasteiger partial charge >= 0.3 is 0 Å². The first-order valence-corrected chi connectivity index (χ1v) is 5.55. The molecule has 16 heavy (non-hydrogen) atoms. The highest BCUT2D eigenvalue weighted by Gasteiger charge is 2.05. The van der Waals surface area contributed by atoms with Crippen LogP contribution in [0.1, 0.15) is 18.4 Å². The van der Waals surface area contributed by atoms with E-state index < -0.39 is 0 Å². The van der Waals surface area contributed by atoms with E-state index in [-0.39, 0.29) is 0 Å². The quantitative estimate of drug-likeness (QED) is 0.591. The predicted molar refractivity (Wildman–Crippen MR) is 68.5 cm³/mol. The largest absolute Gasteiger partial charge is 0.344 e. The van der Waals surface area contributed by atoms with Crippen LogP contribution in [-0.4, -0.2) is 12.9 Å². The molecule has 2 heteroatoms. The highest BCUT2D eigenvalue weighted by Crippen LogP contribution is 2.10. The Morgan fingerprint density at radius 2 is 2.06 bits per heavy atom. The molecule has 0 spiro atoms. The standard InChI is InChI=1S/C14H16N2/c1-15-14(12-8-4-2-5-9-12)16-13-10-6-3-7-11-13/h2-6,8-10H,7,11H2,1H3,(H,15,16). The van der Waals surface area contributed by atoms with Crippen LogP contribution in [0.4, 0.5) is 0 Å². The second-order valence-electron chi connectivity index (χ2n) is 3.72. The first-order valence-electron chi connectivity index (χ1n) is 5.55. The molecule has 0 bridgehead atoms. The van der Waals surface area contributed by atoms with Crippen LogP contribution < -0.4 is 5.32 Å². The van der Waals surface area contributed by atoms with E-state index in [0.29, 0.717) is 0 Å². The number of aliphatic imine (C=N–C) groups is 1. The number of rotatable bonds is 2. The lowest BCUT2D eigenvalue weighted by molar-refractivity contribution is 0.890. The summed E-state index contributed by atoms with van der Waals surface area (Å²) in [5.41, 5.74) is 2.35. The molecule has 0 fully saturated rings. The average molecular weight is 212 g/mol. The van der Waals surface area contributed by atoms with E-state index in [1.807, 2.05) is 25.2 Å². The molecule has 1 aromatic carbocycles. The number of benzene rings is 1. The minimum atomic E-state index is 0.933. The van der Waals surface area contributed by atoms with Gasteiger partial charge in [0.15, 0.2) is 0 Å². The van der Waals surface area contributed by atoms with Gasteiger partial charge in [0.05, 0.1) is 0 Å². The Kier molecular flexibility index (Phi) is 3.54. The minimum absolute atomic E-state index is 0.933. The molecular formula is C14H16N2. The van der Waals surface area contributed by atoms with E-state index >= 15 is 0 Å². The number of hydrogen-bond donors (Lipinski definition) is 1. The molecule has 0 amide bonds.